The van der Waals surface area contributed by atoms with Gasteiger partial charge in [0.2, 0.25) is 0 Å². The molecule has 0 unspecified atom stereocenters. The molecule has 80 valence electrons. The van der Waals surface area contributed by atoms with E-state index >= 15 is 0 Å². The van der Waals surface area contributed by atoms with Crippen LogP contribution in [0.2, 0.25) is 0 Å². The lowest BCUT2D eigenvalue weighted by Crippen LogP contribution is -1.84. The fourth-order valence-corrected chi connectivity index (χ4v) is 3.12. The summed E-state index contributed by atoms with van der Waals surface area (Å²) in [5.41, 5.74) is 1.49. The van der Waals surface area contributed by atoms with Crippen LogP contribution in [0, 0.1) is 0 Å². The molecule has 1 aromatic heterocycles. The Balaban J connectivity index is 2.02. The molecule has 0 atom stereocenters. The van der Waals surface area contributed by atoms with Gasteiger partial charge >= 0.3 is 0 Å². The smallest absolute Gasteiger partial charge is 0.0314 e. The summed E-state index contributed by atoms with van der Waals surface area (Å²) in [6.07, 6.45) is 9.56. The molecule has 0 aliphatic carbocycles. The topological polar surface area (TPSA) is 0 Å². The second-order valence-corrected chi connectivity index (χ2v) is 5.36. The van der Waals surface area contributed by atoms with Crippen molar-refractivity contribution in [2.45, 2.75) is 51.9 Å². The predicted octanol–water partition coefficient (Wildman–Crippen LogP) is 5.41. The summed E-state index contributed by atoms with van der Waals surface area (Å²) in [5.74, 6) is 0. The first kappa shape index (κ1) is 12.3. The van der Waals surface area contributed by atoms with Crippen molar-refractivity contribution >= 4 is 27.3 Å². The van der Waals surface area contributed by atoms with Crippen LogP contribution < -0.4 is 0 Å². The fourth-order valence-electron chi connectivity index (χ4n) is 1.58. The van der Waals surface area contributed by atoms with E-state index < -0.39 is 0 Å². The Morgan fingerprint density at radius 1 is 1.07 bits per heavy atom. The highest BCUT2D eigenvalue weighted by Crippen LogP contribution is 2.23. The van der Waals surface area contributed by atoms with Gasteiger partial charge in [-0.15, -0.1) is 0 Å². The lowest BCUT2D eigenvalue weighted by atomic mass is 10.1. The Morgan fingerprint density at radius 2 is 1.79 bits per heavy atom. The van der Waals surface area contributed by atoms with Crippen LogP contribution >= 0.6 is 27.3 Å². The minimum atomic E-state index is 1.25. The average Bonchev–Trinajstić information content (AvgIpc) is 2.58. The molecule has 14 heavy (non-hydrogen) atoms. The van der Waals surface area contributed by atoms with Crippen molar-refractivity contribution in [1.29, 1.82) is 0 Å². The van der Waals surface area contributed by atoms with Crippen LogP contribution in [0.3, 0.4) is 0 Å². The summed E-state index contributed by atoms with van der Waals surface area (Å²) in [4.78, 5) is 0. The quantitative estimate of drug-likeness (QED) is 0.583. The van der Waals surface area contributed by atoms with Crippen LogP contribution in [0.1, 0.15) is 51.0 Å². The average molecular weight is 275 g/mol. The summed E-state index contributed by atoms with van der Waals surface area (Å²) in [5, 5.41) is 4.43. The van der Waals surface area contributed by atoms with Crippen molar-refractivity contribution in [2.24, 2.45) is 0 Å². The van der Waals surface area contributed by atoms with Gasteiger partial charge in [-0.05, 0) is 39.7 Å². The Bertz CT molecular complexity index is 242. The zero-order chi connectivity index (χ0) is 10.2. The monoisotopic (exact) mass is 274 g/mol. The molecule has 0 radical (unpaired) electrons. The molecule has 0 saturated carbocycles. The van der Waals surface area contributed by atoms with Gasteiger partial charge in [0.05, 0.1) is 0 Å². The summed E-state index contributed by atoms with van der Waals surface area (Å²) in [6.45, 7) is 2.27. The van der Waals surface area contributed by atoms with E-state index in [0.717, 1.165) is 0 Å². The number of aryl methyl sites for hydroxylation is 1. The molecule has 0 fully saturated rings. The summed E-state index contributed by atoms with van der Waals surface area (Å²) in [6, 6.07) is 0. The third-order valence-electron chi connectivity index (χ3n) is 2.49. The number of hydrogen-bond acceptors (Lipinski definition) is 1. The van der Waals surface area contributed by atoms with Crippen molar-refractivity contribution in [2.75, 3.05) is 0 Å². The number of halogens is 1. The maximum absolute atomic E-state index is 3.57. The molecule has 1 aromatic rings. The minimum Gasteiger partial charge on any atom is -0.151 e. The van der Waals surface area contributed by atoms with E-state index in [1.807, 2.05) is 0 Å². The Morgan fingerprint density at radius 3 is 2.43 bits per heavy atom. The van der Waals surface area contributed by atoms with Gasteiger partial charge in [0, 0.05) is 9.85 Å². The van der Waals surface area contributed by atoms with Gasteiger partial charge in [-0.2, -0.15) is 11.3 Å². The molecule has 0 amide bonds. The maximum atomic E-state index is 3.57. The van der Waals surface area contributed by atoms with E-state index in [0.29, 0.717) is 0 Å². The molecule has 0 nitrogen and oxygen atoms in total. The Hall–Kier alpha value is 0.180. The molecule has 0 N–H and O–H groups in total. The lowest BCUT2D eigenvalue weighted by molar-refractivity contribution is 0.607. The van der Waals surface area contributed by atoms with Gasteiger partial charge in [-0.25, -0.2) is 0 Å². The van der Waals surface area contributed by atoms with Gasteiger partial charge in [0.15, 0.2) is 0 Å². The molecule has 0 bridgehead atoms. The van der Waals surface area contributed by atoms with Crippen molar-refractivity contribution < 1.29 is 0 Å². The molecule has 1 heterocycles. The Labute approximate surface area is 99.9 Å². The largest absolute Gasteiger partial charge is 0.151 e. The molecule has 0 aliphatic rings. The van der Waals surface area contributed by atoms with Crippen LogP contribution in [0.4, 0.5) is 0 Å². The van der Waals surface area contributed by atoms with E-state index in [9.17, 15) is 0 Å². The van der Waals surface area contributed by atoms with Crippen LogP contribution in [0.25, 0.3) is 0 Å². The highest BCUT2D eigenvalue weighted by atomic mass is 79.9. The van der Waals surface area contributed by atoms with E-state index in [1.54, 1.807) is 11.3 Å². The third-order valence-corrected chi connectivity index (χ3v) is 4.32. The van der Waals surface area contributed by atoms with Crippen LogP contribution in [0.5, 0.6) is 0 Å². The normalized spacial score (nSPS) is 10.7. The van der Waals surface area contributed by atoms with Crippen LogP contribution in [-0.4, -0.2) is 0 Å². The second kappa shape index (κ2) is 7.47. The van der Waals surface area contributed by atoms with E-state index in [-0.39, 0.29) is 0 Å². The highest BCUT2D eigenvalue weighted by molar-refractivity contribution is 9.10. The third kappa shape index (κ3) is 4.61. The van der Waals surface area contributed by atoms with Crippen molar-refractivity contribution in [3.8, 4) is 0 Å². The maximum Gasteiger partial charge on any atom is 0.0314 e. The highest BCUT2D eigenvalue weighted by Gasteiger charge is 1.99. The summed E-state index contributed by atoms with van der Waals surface area (Å²) in [7, 11) is 0. The van der Waals surface area contributed by atoms with Crippen molar-refractivity contribution in [3.63, 3.8) is 0 Å². The van der Waals surface area contributed by atoms with Gasteiger partial charge in [0.25, 0.3) is 0 Å². The SMILES string of the molecule is CCCCCCCCc1cscc1Br. The number of unbranched alkanes of at least 4 members (excludes halogenated alkanes) is 5. The zero-order valence-corrected chi connectivity index (χ0v) is 11.3. The van der Waals surface area contributed by atoms with E-state index in [1.165, 1.54) is 55.0 Å². The lowest BCUT2D eigenvalue weighted by Gasteiger charge is -2.00. The van der Waals surface area contributed by atoms with Crippen molar-refractivity contribution in [3.05, 3.63) is 20.8 Å². The number of rotatable bonds is 7. The first-order valence-corrected chi connectivity index (χ1v) is 7.28. The first-order valence-electron chi connectivity index (χ1n) is 5.55. The molecule has 0 aromatic carbocycles. The predicted molar refractivity (Wildman–Crippen MR) is 69.1 cm³/mol. The molecule has 0 spiro atoms. The molecule has 0 aliphatic heterocycles. The summed E-state index contributed by atoms with van der Waals surface area (Å²) < 4.78 is 1.30. The second-order valence-electron chi connectivity index (χ2n) is 3.76. The number of hydrogen-bond donors (Lipinski definition) is 0. The molecule has 2 heteroatoms. The summed E-state index contributed by atoms with van der Waals surface area (Å²) >= 11 is 5.36. The molecule has 1 rings (SSSR count). The van der Waals surface area contributed by atoms with Gasteiger partial charge in [0.1, 0.15) is 0 Å². The molecular weight excluding hydrogens is 256 g/mol. The fraction of sp³-hybridized carbons (Fsp3) is 0.667. The van der Waals surface area contributed by atoms with Gasteiger partial charge in [-0.3, -0.25) is 0 Å². The van der Waals surface area contributed by atoms with Gasteiger partial charge in [-0.1, -0.05) is 39.0 Å². The minimum absolute atomic E-state index is 1.25. The van der Waals surface area contributed by atoms with Gasteiger partial charge < -0.3 is 0 Å². The Kier molecular flexibility index (Phi) is 6.54. The zero-order valence-electron chi connectivity index (χ0n) is 8.89. The van der Waals surface area contributed by atoms with Crippen molar-refractivity contribution in [1.82, 2.24) is 0 Å². The first-order chi connectivity index (χ1) is 6.84. The van der Waals surface area contributed by atoms with E-state index in [4.69, 9.17) is 0 Å². The number of thiophene rings is 1. The standard InChI is InChI=1S/C12H19BrS/c1-2-3-4-5-6-7-8-11-9-14-10-12(11)13/h9-10H,2-8H2,1H3. The van der Waals surface area contributed by atoms with Crippen LogP contribution in [0.15, 0.2) is 15.2 Å². The van der Waals surface area contributed by atoms with Crippen LogP contribution in [-0.2, 0) is 6.42 Å². The molecular formula is C12H19BrS. The van der Waals surface area contributed by atoms with E-state index in [2.05, 4.69) is 33.6 Å². The molecule has 0 saturated heterocycles.